The Labute approximate surface area is 214 Å². The van der Waals surface area contributed by atoms with Crippen LogP contribution in [0.15, 0.2) is 72.8 Å². The molecule has 1 aliphatic rings. The van der Waals surface area contributed by atoms with E-state index in [-0.39, 0.29) is 42.4 Å². The van der Waals surface area contributed by atoms with Crippen LogP contribution in [0.1, 0.15) is 59.3 Å². The Bertz CT molecular complexity index is 1240. The van der Waals surface area contributed by atoms with Crippen molar-refractivity contribution >= 4 is 17.5 Å². The molecule has 0 atom stereocenters. The van der Waals surface area contributed by atoms with E-state index in [0.717, 1.165) is 17.2 Å². The van der Waals surface area contributed by atoms with Crippen LogP contribution >= 0.6 is 11.6 Å². The van der Waals surface area contributed by atoms with Gasteiger partial charge in [0.1, 0.15) is 0 Å². The van der Waals surface area contributed by atoms with Gasteiger partial charge in [0.05, 0.1) is 11.2 Å². The minimum Gasteiger partial charge on any atom is -0.385 e. The van der Waals surface area contributed by atoms with Crippen LogP contribution in [0.2, 0.25) is 5.02 Å². The molecule has 3 aromatic rings. The fraction of sp³-hybridized carbons (Fsp3) is 0.276. The molecule has 0 spiro atoms. The molecule has 36 heavy (non-hydrogen) atoms. The summed E-state index contributed by atoms with van der Waals surface area (Å²) in [6.07, 6.45) is -4.66. The van der Waals surface area contributed by atoms with Crippen molar-refractivity contribution < 1.29 is 23.1 Å². The van der Waals surface area contributed by atoms with Gasteiger partial charge in [-0.3, -0.25) is 4.79 Å². The minimum atomic E-state index is -4.64. The lowest BCUT2D eigenvalue weighted by molar-refractivity contribution is -0.141. The molecule has 1 aliphatic heterocycles. The van der Waals surface area contributed by atoms with Gasteiger partial charge in [0.15, 0.2) is 0 Å². The van der Waals surface area contributed by atoms with Crippen molar-refractivity contribution in [2.75, 3.05) is 13.1 Å². The zero-order valence-corrected chi connectivity index (χ0v) is 20.8. The van der Waals surface area contributed by atoms with E-state index in [4.69, 9.17) is 11.6 Å². The van der Waals surface area contributed by atoms with Crippen LogP contribution in [0.3, 0.4) is 0 Å². The number of amides is 1. The fourth-order valence-corrected chi connectivity index (χ4v) is 4.22. The molecule has 1 fully saturated rings. The number of nitrogens with zero attached hydrogens (tertiary/aromatic N) is 1. The van der Waals surface area contributed by atoms with E-state index in [9.17, 15) is 23.1 Å². The second-order valence-corrected chi connectivity index (χ2v) is 8.64. The SMILES string of the molecule is CC.O=C(c1ccc(C#Cc2ccccc2)cc1)N1CCC(O)(c2ccc(Cl)cc2C(F)(F)F)CC1. The standard InChI is InChI=1S/C27H21ClF3NO2.C2H6/c28-22-12-13-23(24(18-22)27(29,30)31)26(34)14-16-32(17-15-26)25(33)21-10-8-20(9-11-21)7-6-19-4-2-1-3-5-19;1-2/h1-5,8-13,18,34H,14-17H2;1-2H3. The molecule has 1 amide bonds. The lowest BCUT2D eigenvalue weighted by atomic mass is 9.81. The smallest absolute Gasteiger partial charge is 0.385 e. The molecule has 3 aromatic carbocycles. The van der Waals surface area contributed by atoms with Gasteiger partial charge in [0.2, 0.25) is 0 Å². The zero-order chi connectivity index (χ0) is 26.3. The van der Waals surface area contributed by atoms with Crippen molar-refractivity contribution in [3.63, 3.8) is 0 Å². The number of benzene rings is 3. The van der Waals surface area contributed by atoms with Crippen LogP contribution < -0.4 is 0 Å². The van der Waals surface area contributed by atoms with Crippen molar-refractivity contribution in [3.8, 4) is 11.8 Å². The molecule has 1 heterocycles. The third-order valence-electron chi connectivity index (χ3n) is 5.92. The number of hydrogen-bond acceptors (Lipinski definition) is 2. The quantitative estimate of drug-likeness (QED) is 0.378. The summed E-state index contributed by atoms with van der Waals surface area (Å²) in [5.41, 5.74) is -0.748. The molecule has 3 nitrogen and oxygen atoms in total. The normalized spacial score (nSPS) is 14.7. The van der Waals surface area contributed by atoms with Crippen LogP contribution in [0, 0.1) is 11.8 Å². The van der Waals surface area contributed by atoms with Gasteiger partial charge in [-0.2, -0.15) is 13.2 Å². The second-order valence-electron chi connectivity index (χ2n) is 8.20. The van der Waals surface area contributed by atoms with Crippen molar-refractivity contribution in [1.29, 1.82) is 0 Å². The molecular weight excluding hydrogens is 487 g/mol. The van der Waals surface area contributed by atoms with Gasteiger partial charge in [0.25, 0.3) is 5.91 Å². The Morgan fingerprint density at radius 2 is 1.47 bits per heavy atom. The number of aliphatic hydroxyl groups is 1. The molecule has 0 aromatic heterocycles. The molecular formula is C29H27ClF3NO2. The van der Waals surface area contributed by atoms with Crippen LogP contribution in [-0.4, -0.2) is 29.0 Å². The van der Waals surface area contributed by atoms with E-state index in [2.05, 4.69) is 11.8 Å². The summed E-state index contributed by atoms with van der Waals surface area (Å²) in [5, 5.41) is 11.0. The summed E-state index contributed by atoms with van der Waals surface area (Å²) in [5.74, 6) is 5.86. The first-order valence-corrected chi connectivity index (χ1v) is 12.1. The van der Waals surface area contributed by atoms with Crippen molar-refractivity contribution in [2.45, 2.75) is 38.5 Å². The summed E-state index contributed by atoms with van der Waals surface area (Å²) in [7, 11) is 0. The van der Waals surface area contributed by atoms with E-state index in [0.29, 0.717) is 5.56 Å². The number of piperidine rings is 1. The van der Waals surface area contributed by atoms with Gasteiger partial charge in [-0.15, -0.1) is 0 Å². The van der Waals surface area contributed by atoms with Crippen molar-refractivity contribution in [3.05, 3.63) is 106 Å². The molecule has 1 N–H and O–H groups in total. The maximum atomic E-state index is 13.5. The Hall–Kier alpha value is -3.27. The highest BCUT2D eigenvalue weighted by Crippen LogP contribution is 2.42. The number of hydrogen-bond donors (Lipinski definition) is 1. The molecule has 7 heteroatoms. The predicted molar refractivity (Wildman–Crippen MR) is 136 cm³/mol. The van der Waals surface area contributed by atoms with E-state index in [1.165, 1.54) is 12.1 Å². The average molecular weight is 514 g/mol. The van der Waals surface area contributed by atoms with E-state index in [1.807, 2.05) is 44.2 Å². The van der Waals surface area contributed by atoms with Gasteiger partial charge in [0, 0.05) is 34.8 Å². The monoisotopic (exact) mass is 513 g/mol. The second kappa shape index (κ2) is 11.6. The maximum absolute atomic E-state index is 13.5. The fourth-order valence-electron chi connectivity index (χ4n) is 4.05. The molecule has 1 saturated heterocycles. The number of halogens is 4. The summed E-state index contributed by atoms with van der Waals surface area (Å²) in [6, 6.07) is 19.8. The predicted octanol–water partition coefficient (Wildman–Crippen LogP) is 6.91. The number of alkyl halides is 3. The molecule has 0 unspecified atom stereocenters. The molecule has 188 valence electrons. The third-order valence-corrected chi connectivity index (χ3v) is 6.16. The summed E-state index contributed by atoms with van der Waals surface area (Å²) in [6.45, 7) is 4.26. The Balaban J connectivity index is 0.00000176. The molecule has 0 aliphatic carbocycles. The Kier molecular flexibility index (Phi) is 8.84. The van der Waals surface area contributed by atoms with Gasteiger partial charge >= 0.3 is 6.18 Å². The number of carbonyl (C=O) groups is 1. The summed E-state index contributed by atoms with van der Waals surface area (Å²) < 4.78 is 40.6. The topological polar surface area (TPSA) is 40.5 Å². The lowest BCUT2D eigenvalue weighted by Gasteiger charge is -2.39. The van der Waals surface area contributed by atoms with Gasteiger partial charge in [-0.05, 0) is 66.9 Å². The average Bonchev–Trinajstić information content (AvgIpc) is 2.89. The number of carbonyl (C=O) groups excluding carboxylic acids is 1. The highest BCUT2D eigenvalue weighted by atomic mass is 35.5. The highest BCUT2D eigenvalue weighted by molar-refractivity contribution is 6.30. The molecule has 0 radical (unpaired) electrons. The summed E-state index contributed by atoms with van der Waals surface area (Å²) >= 11 is 5.76. The van der Waals surface area contributed by atoms with E-state index in [1.54, 1.807) is 29.2 Å². The largest absolute Gasteiger partial charge is 0.416 e. The maximum Gasteiger partial charge on any atom is 0.416 e. The highest BCUT2D eigenvalue weighted by Gasteiger charge is 2.43. The van der Waals surface area contributed by atoms with Gasteiger partial charge in [-0.1, -0.05) is 61.6 Å². The van der Waals surface area contributed by atoms with Crippen LogP contribution in [0.5, 0.6) is 0 Å². The van der Waals surface area contributed by atoms with Crippen LogP contribution in [-0.2, 0) is 11.8 Å². The Morgan fingerprint density at radius 1 is 0.917 bits per heavy atom. The van der Waals surface area contributed by atoms with Gasteiger partial charge in [-0.25, -0.2) is 0 Å². The minimum absolute atomic E-state index is 0.00983. The number of rotatable bonds is 2. The first kappa shape index (κ1) is 27.3. The zero-order valence-electron chi connectivity index (χ0n) is 20.1. The number of likely N-dealkylation sites (tertiary alicyclic amines) is 1. The van der Waals surface area contributed by atoms with Crippen molar-refractivity contribution in [2.24, 2.45) is 0 Å². The lowest BCUT2D eigenvalue weighted by Crippen LogP contribution is -2.45. The summed E-state index contributed by atoms with van der Waals surface area (Å²) in [4.78, 5) is 14.5. The van der Waals surface area contributed by atoms with Crippen LogP contribution in [0.25, 0.3) is 0 Å². The van der Waals surface area contributed by atoms with E-state index < -0.39 is 17.3 Å². The molecule has 4 rings (SSSR count). The van der Waals surface area contributed by atoms with E-state index >= 15 is 0 Å². The van der Waals surface area contributed by atoms with Crippen molar-refractivity contribution in [1.82, 2.24) is 4.90 Å². The first-order chi connectivity index (χ1) is 17.2. The third kappa shape index (κ3) is 6.48. The molecule has 0 saturated carbocycles. The van der Waals surface area contributed by atoms with Gasteiger partial charge < -0.3 is 10.0 Å². The van der Waals surface area contributed by atoms with Crippen LogP contribution in [0.4, 0.5) is 13.2 Å². The Morgan fingerprint density at radius 3 is 2.03 bits per heavy atom. The molecule has 0 bridgehead atoms. The first-order valence-electron chi connectivity index (χ1n) is 11.7.